The van der Waals surface area contributed by atoms with Gasteiger partial charge in [0, 0.05) is 0 Å². The summed E-state index contributed by atoms with van der Waals surface area (Å²) < 4.78 is 21.0. The minimum absolute atomic E-state index is 0.163. The molecule has 33 heavy (non-hydrogen) atoms. The van der Waals surface area contributed by atoms with Crippen LogP contribution in [0.2, 0.25) is 0 Å². The molecule has 3 rings (SSSR count). The van der Waals surface area contributed by atoms with Gasteiger partial charge in [-0.05, 0) is 77.0 Å². The fourth-order valence-electron chi connectivity index (χ4n) is 5.05. The summed E-state index contributed by atoms with van der Waals surface area (Å²) in [6, 6.07) is 0. The standard InChI is InChI=1S/C23H35NO9/c1-29-23(28)32-19-12-10-18(11-13-19)31-21(26)15-4-2-14(3-5-15)20(25)30-17-8-6-16(7-9-17)22(27)33-24/h14-19H,2-13,24H2,1H3. The quantitative estimate of drug-likeness (QED) is 0.351. The molecule has 0 aliphatic heterocycles. The number of ether oxygens (including phenoxy) is 4. The molecular weight excluding hydrogens is 434 g/mol. The third-order valence-electron chi connectivity index (χ3n) is 7.13. The molecule has 0 atom stereocenters. The van der Waals surface area contributed by atoms with E-state index in [1.54, 1.807) is 0 Å². The molecule has 0 bridgehead atoms. The molecule has 10 nitrogen and oxygen atoms in total. The van der Waals surface area contributed by atoms with Crippen molar-refractivity contribution in [2.24, 2.45) is 23.7 Å². The predicted molar refractivity (Wildman–Crippen MR) is 113 cm³/mol. The van der Waals surface area contributed by atoms with E-state index in [1.807, 2.05) is 0 Å². The van der Waals surface area contributed by atoms with Crippen LogP contribution in [0.3, 0.4) is 0 Å². The highest BCUT2D eigenvalue weighted by atomic mass is 16.7. The van der Waals surface area contributed by atoms with Crippen molar-refractivity contribution in [1.29, 1.82) is 0 Å². The van der Waals surface area contributed by atoms with Gasteiger partial charge >= 0.3 is 24.1 Å². The van der Waals surface area contributed by atoms with Gasteiger partial charge in [-0.15, -0.1) is 0 Å². The average molecular weight is 470 g/mol. The van der Waals surface area contributed by atoms with Gasteiger partial charge in [0.05, 0.1) is 24.9 Å². The Bertz CT molecular complexity index is 688. The second-order valence-electron chi connectivity index (χ2n) is 9.30. The van der Waals surface area contributed by atoms with E-state index in [2.05, 4.69) is 9.57 Å². The Morgan fingerprint density at radius 2 is 0.879 bits per heavy atom. The van der Waals surface area contributed by atoms with E-state index in [-0.39, 0.29) is 48.0 Å². The third-order valence-corrected chi connectivity index (χ3v) is 7.13. The number of nitrogens with two attached hydrogens (primary N) is 1. The highest BCUT2D eigenvalue weighted by Gasteiger charge is 2.36. The Balaban J connectivity index is 1.32. The van der Waals surface area contributed by atoms with Crippen molar-refractivity contribution in [2.45, 2.75) is 95.4 Å². The normalized spacial score (nSPS) is 32.2. The highest BCUT2D eigenvalue weighted by molar-refractivity contribution is 5.75. The third kappa shape index (κ3) is 7.31. The molecule has 0 spiro atoms. The summed E-state index contributed by atoms with van der Waals surface area (Å²) in [6.45, 7) is 0. The topological polar surface area (TPSA) is 140 Å². The number of hydrogen-bond donors (Lipinski definition) is 1. The average Bonchev–Trinajstić information content (AvgIpc) is 2.85. The predicted octanol–water partition coefficient (Wildman–Crippen LogP) is 2.95. The highest BCUT2D eigenvalue weighted by Crippen LogP contribution is 2.34. The van der Waals surface area contributed by atoms with E-state index >= 15 is 0 Å². The maximum Gasteiger partial charge on any atom is 0.508 e. The lowest BCUT2D eigenvalue weighted by Gasteiger charge is -2.32. The molecule has 0 aromatic rings. The Morgan fingerprint density at radius 3 is 1.27 bits per heavy atom. The smallest absolute Gasteiger partial charge is 0.462 e. The van der Waals surface area contributed by atoms with E-state index in [0.717, 1.165) is 0 Å². The van der Waals surface area contributed by atoms with E-state index in [1.165, 1.54) is 7.11 Å². The minimum Gasteiger partial charge on any atom is -0.462 e. The van der Waals surface area contributed by atoms with Gasteiger partial charge in [-0.3, -0.25) is 14.4 Å². The molecule has 10 heteroatoms. The zero-order valence-corrected chi connectivity index (χ0v) is 19.2. The van der Waals surface area contributed by atoms with Gasteiger partial charge in [-0.2, -0.15) is 5.90 Å². The van der Waals surface area contributed by atoms with Crippen LogP contribution in [0.5, 0.6) is 0 Å². The van der Waals surface area contributed by atoms with E-state index in [0.29, 0.717) is 77.0 Å². The van der Waals surface area contributed by atoms with Crippen LogP contribution in [-0.2, 0) is 38.2 Å². The van der Waals surface area contributed by atoms with Crippen LogP contribution in [0.4, 0.5) is 4.79 Å². The molecular formula is C23H35NO9. The Kier molecular flexibility index (Phi) is 9.34. The number of esters is 2. The maximum atomic E-state index is 12.6. The number of carbonyl (C=O) groups excluding carboxylic acids is 4. The van der Waals surface area contributed by atoms with Crippen LogP contribution in [0.15, 0.2) is 0 Å². The summed E-state index contributed by atoms with van der Waals surface area (Å²) in [7, 11) is 1.28. The van der Waals surface area contributed by atoms with Gasteiger partial charge in [0.15, 0.2) is 0 Å². The Morgan fingerprint density at radius 1 is 0.545 bits per heavy atom. The van der Waals surface area contributed by atoms with Gasteiger partial charge in [-0.25, -0.2) is 4.79 Å². The zero-order valence-electron chi connectivity index (χ0n) is 19.2. The second-order valence-corrected chi connectivity index (χ2v) is 9.30. The molecule has 0 saturated heterocycles. The van der Waals surface area contributed by atoms with Crippen molar-refractivity contribution in [1.82, 2.24) is 0 Å². The molecule has 0 amide bonds. The number of methoxy groups -OCH3 is 1. The van der Waals surface area contributed by atoms with Gasteiger partial charge in [0.25, 0.3) is 0 Å². The zero-order chi connectivity index (χ0) is 23.8. The molecule has 3 aliphatic rings. The van der Waals surface area contributed by atoms with E-state index in [4.69, 9.17) is 20.1 Å². The van der Waals surface area contributed by atoms with Crippen LogP contribution >= 0.6 is 0 Å². The Labute approximate surface area is 193 Å². The molecule has 0 radical (unpaired) electrons. The molecule has 2 N–H and O–H groups in total. The Hall–Kier alpha value is -2.36. The van der Waals surface area contributed by atoms with Crippen LogP contribution < -0.4 is 5.90 Å². The molecule has 0 heterocycles. The summed E-state index contributed by atoms with van der Waals surface area (Å²) in [5.41, 5.74) is 0. The molecule has 0 aromatic heterocycles. The summed E-state index contributed by atoms with van der Waals surface area (Å²) in [6.07, 6.45) is 6.23. The number of rotatable bonds is 6. The van der Waals surface area contributed by atoms with Gasteiger partial charge in [-0.1, -0.05) is 0 Å². The fourth-order valence-corrected chi connectivity index (χ4v) is 5.05. The molecule has 0 unspecified atom stereocenters. The van der Waals surface area contributed by atoms with Gasteiger partial charge in [0.1, 0.15) is 18.3 Å². The lowest BCUT2D eigenvalue weighted by molar-refractivity contribution is -0.164. The molecule has 0 aromatic carbocycles. The van der Waals surface area contributed by atoms with Crippen molar-refractivity contribution in [2.75, 3.05) is 7.11 Å². The number of hydrogen-bond acceptors (Lipinski definition) is 10. The first-order chi connectivity index (χ1) is 15.9. The molecule has 3 saturated carbocycles. The van der Waals surface area contributed by atoms with E-state index in [9.17, 15) is 19.2 Å². The van der Waals surface area contributed by atoms with Gasteiger partial charge < -0.3 is 23.8 Å². The van der Waals surface area contributed by atoms with Crippen LogP contribution in [0.1, 0.15) is 77.0 Å². The van der Waals surface area contributed by atoms with Crippen molar-refractivity contribution < 1.29 is 43.0 Å². The van der Waals surface area contributed by atoms with E-state index < -0.39 is 12.1 Å². The minimum atomic E-state index is -0.685. The van der Waals surface area contributed by atoms with Crippen molar-refractivity contribution in [3.63, 3.8) is 0 Å². The first-order valence-electron chi connectivity index (χ1n) is 12.0. The van der Waals surface area contributed by atoms with Crippen LogP contribution in [0, 0.1) is 17.8 Å². The summed E-state index contributed by atoms with van der Waals surface area (Å²) >= 11 is 0. The fraction of sp³-hybridized carbons (Fsp3) is 0.826. The molecule has 3 fully saturated rings. The number of carbonyl (C=O) groups is 4. The van der Waals surface area contributed by atoms with Crippen LogP contribution in [0.25, 0.3) is 0 Å². The summed E-state index contributed by atoms with van der Waals surface area (Å²) in [4.78, 5) is 52.1. The SMILES string of the molecule is COC(=O)OC1CCC(OC(=O)C2CCC(C(=O)OC3CCC(C(=O)ON)CC3)CC2)CC1. The lowest BCUT2D eigenvalue weighted by Crippen LogP contribution is -2.35. The largest absolute Gasteiger partial charge is 0.508 e. The summed E-state index contributed by atoms with van der Waals surface area (Å²) in [5, 5.41) is 0. The van der Waals surface area contributed by atoms with Crippen molar-refractivity contribution >= 4 is 24.1 Å². The molecule has 186 valence electrons. The van der Waals surface area contributed by atoms with Crippen molar-refractivity contribution in [3.05, 3.63) is 0 Å². The maximum absolute atomic E-state index is 12.6. The van der Waals surface area contributed by atoms with Crippen LogP contribution in [-0.4, -0.2) is 49.5 Å². The monoisotopic (exact) mass is 469 g/mol. The second kappa shape index (κ2) is 12.2. The van der Waals surface area contributed by atoms with Crippen molar-refractivity contribution in [3.8, 4) is 0 Å². The summed E-state index contributed by atoms with van der Waals surface area (Å²) in [5.74, 6) is 3.49. The van der Waals surface area contributed by atoms with Gasteiger partial charge in [0.2, 0.25) is 0 Å². The molecule has 3 aliphatic carbocycles. The first-order valence-corrected chi connectivity index (χ1v) is 12.0. The lowest BCUT2D eigenvalue weighted by atomic mass is 9.81. The first kappa shape index (κ1) is 25.3.